The van der Waals surface area contributed by atoms with E-state index in [1.54, 1.807) is 4.90 Å². The predicted molar refractivity (Wildman–Crippen MR) is 79.1 cm³/mol. The van der Waals surface area contributed by atoms with Gasteiger partial charge in [-0.15, -0.1) is 0 Å². The lowest BCUT2D eigenvalue weighted by Gasteiger charge is -2.33. The highest BCUT2D eigenvalue weighted by Crippen LogP contribution is 2.29. The van der Waals surface area contributed by atoms with Crippen molar-refractivity contribution in [1.29, 1.82) is 0 Å². The summed E-state index contributed by atoms with van der Waals surface area (Å²) in [5, 5.41) is 3.79. The minimum absolute atomic E-state index is 0.0503. The molecule has 0 aromatic carbocycles. The molecule has 0 aliphatic carbocycles. The topological polar surface area (TPSA) is 63.4 Å². The molecule has 1 saturated heterocycles. The van der Waals surface area contributed by atoms with Gasteiger partial charge in [-0.05, 0) is 18.9 Å². The fraction of sp³-hybridized carbons (Fsp3) is 0.600. The summed E-state index contributed by atoms with van der Waals surface area (Å²) in [6.07, 6.45) is 0.222. The molecule has 6 nitrogen and oxygen atoms in total. The Bertz CT molecular complexity index is 715. The molecular formula is C15H19F2N5O. The normalized spacial score (nSPS) is 19.0. The van der Waals surface area contributed by atoms with Crippen LogP contribution in [0, 0.1) is 5.92 Å². The van der Waals surface area contributed by atoms with Gasteiger partial charge in [-0.2, -0.15) is 14.6 Å². The van der Waals surface area contributed by atoms with Crippen molar-refractivity contribution in [3.8, 4) is 0 Å². The van der Waals surface area contributed by atoms with E-state index in [1.807, 2.05) is 13.8 Å². The van der Waals surface area contributed by atoms with Crippen molar-refractivity contribution >= 4 is 11.7 Å². The lowest BCUT2D eigenvalue weighted by molar-refractivity contribution is -0.135. The molecule has 0 bridgehead atoms. The Morgan fingerprint density at radius 3 is 2.87 bits per heavy atom. The van der Waals surface area contributed by atoms with Crippen LogP contribution in [0.3, 0.4) is 0 Å². The molecule has 2 aromatic heterocycles. The van der Waals surface area contributed by atoms with Gasteiger partial charge in [-0.25, -0.2) is 13.8 Å². The quantitative estimate of drug-likeness (QED) is 0.870. The molecule has 8 heteroatoms. The third-order valence-corrected chi connectivity index (χ3v) is 4.17. The molecule has 23 heavy (non-hydrogen) atoms. The van der Waals surface area contributed by atoms with Crippen LogP contribution in [0.15, 0.2) is 12.4 Å². The number of hydrogen-bond donors (Lipinski definition) is 0. The zero-order valence-corrected chi connectivity index (χ0v) is 13.1. The van der Waals surface area contributed by atoms with Crippen LogP contribution in [0.1, 0.15) is 50.4 Å². The van der Waals surface area contributed by atoms with Crippen molar-refractivity contribution in [2.45, 2.75) is 39.0 Å². The lowest BCUT2D eigenvalue weighted by atomic mass is 9.93. The van der Waals surface area contributed by atoms with E-state index in [1.165, 1.54) is 12.4 Å². The number of carbonyl (C=O) groups excluding carboxylic acids is 1. The van der Waals surface area contributed by atoms with Crippen molar-refractivity contribution in [3.63, 3.8) is 0 Å². The Hall–Kier alpha value is -2.12. The van der Waals surface area contributed by atoms with Gasteiger partial charge in [0.15, 0.2) is 0 Å². The number of nitrogens with zero attached hydrogens (tertiary/aromatic N) is 5. The molecule has 2 aromatic rings. The Morgan fingerprint density at radius 1 is 1.39 bits per heavy atom. The highest BCUT2D eigenvalue weighted by molar-refractivity contribution is 5.78. The second-order valence-corrected chi connectivity index (χ2v) is 6.16. The van der Waals surface area contributed by atoms with Crippen molar-refractivity contribution in [2.75, 3.05) is 13.1 Å². The zero-order chi connectivity index (χ0) is 16.6. The molecule has 0 radical (unpaired) electrons. The number of aromatic nitrogens is 4. The van der Waals surface area contributed by atoms with Crippen LogP contribution >= 0.6 is 0 Å². The van der Waals surface area contributed by atoms with Crippen LogP contribution in [-0.2, 0) is 4.79 Å². The van der Waals surface area contributed by atoms with Crippen molar-refractivity contribution in [3.05, 3.63) is 23.8 Å². The standard InChI is InChI=1S/C15H19F2N5O/c1-9(2)14(23)21-5-3-4-10(7-21)11-6-12(13(16)17)22-15(20-11)18-8-19-22/h6,8-10,13H,3-5,7H2,1-2H3/t10-/m0/s1. The SMILES string of the molecule is CC(C)C(=O)N1CCC[C@H](c2cc(C(F)F)n3ncnc3n2)C1. The van der Waals surface area contributed by atoms with E-state index in [0.717, 1.165) is 17.4 Å². The largest absolute Gasteiger partial charge is 0.342 e. The Balaban J connectivity index is 1.91. The smallest absolute Gasteiger partial charge is 0.280 e. The van der Waals surface area contributed by atoms with Gasteiger partial charge in [0, 0.05) is 24.9 Å². The van der Waals surface area contributed by atoms with E-state index in [9.17, 15) is 13.6 Å². The van der Waals surface area contributed by atoms with Crippen LogP contribution in [0.25, 0.3) is 5.78 Å². The second-order valence-electron chi connectivity index (χ2n) is 6.16. The minimum Gasteiger partial charge on any atom is -0.342 e. The van der Waals surface area contributed by atoms with Gasteiger partial charge in [0.25, 0.3) is 12.2 Å². The first-order chi connectivity index (χ1) is 11.0. The molecule has 1 aliphatic rings. The van der Waals surface area contributed by atoms with Crippen LogP contribution in [-0.4, -0.2) is 43.5 Å². The Morgan fingerprint density at radius 2 is 2.17 bits per heavy atom. The van der Waals surface area contributed by atoms with E-state index in [4.69, 9.17) is 0 Å². The molecule has 0 N–H and O–H groups in total. The maximum absolute atomic E-state index is 13.3. The number of hydrogen-bond acceptors (Lipinski definition) is 4. The van der Waals surface area contributed by atoms with Gasteiger partial charge >= 0.3 is 0 Å². The zero-order valence-electron chi connectivity index (χ0n) is 13.1. The monoisotopic (exact) mass is 323 g/mol. The number of fused-ring (bicyclic) bond motifs is 1. The van der Waals surface area contributed by atoms with Gasteiger partial charge in [0.2, 0.25) is 5.91 Å². The van der Waals surface area contributed by atoms with E-state index in [2.05, 4.69) is 15.1 Å². The Labute approximate surface area is 132 Å². The van der Waals surface area contributed by atoms with Crippen LogP contribution in [0.4, 0.5) is 8.78 Å². The van der Waals surface area contributed by atoms with Crippen molar-refractivity contribution < 1.29 is 13.6 Å². The summed E-state index contributed by atoms with van der Waals surface area (Å²) in [5.74, 6) is 0.139. The van der Waals surface area contributed by atoms with Crippen LogP contribution in [0.2, 0.25) is 0 Å². The van der Waals surface area contributed by atoms with Crippen molar-refractivity contribution in [1.82, 2.24) is 24.5 Å². The predicted octanol–water partition coefficient (Wildman–Crippen LogP) is 2.42. The molecule has 1 aliphatic heterocycles. The average molecular weight is 323 g/mol. The van der Waals surface area contributed by atoms with Gasteiger partial charge < -0.3 is 4.90 Å². The number of carbonyl (C=O) groups is 1. The lowest BCUT2D eigenvalue weighted by Crippen LogP contribution is -2.41. The molecule has 0 saturated carbocycles. The van der Waals surface area contributed by atoms with Crippen molar-refractivity contribution in [2.24, 2.45) is 5.92 Å². The summed E-state index contributed by atoms with van der Waals surface area (Å²) in [7, 11) is 0. The summed E-state index contributed by atoms with van der Waals surface area (Å²) >= 11 is 0. The Kier molecular flexibility index (Phi) is 4.23. The van der Waals surface area contributed by atoms with Gasteiger partial charge in [-0.3, -0.25) is 4.79 Å². The summed E-state index contributed by atoms with van der Waals surface area (Å²) in [4.78, 5) is 22.3. The summed E-state index contributed by atoms with van der Waals surface area (Å²) < 4.78 is 27.6. The summed E-state index contributed by atoms with van der Waals surface area (Å²) in [5.41, 5.74) is 0.344. The molecule has 0 spiro atoms. The van der Waals surface area contributed by atoms with Crippen LogP contribution in [0.5, 0.6) is 0 Å². The maximum atomic E-state index is 13.3. The van der Waals surface area contributed by atoms with E-state index in [-0.39, 0.29) is 29.2 Å². The van der Waals surface area contributed by atoms with E-state index < -0.39 is 6.43 Å². The third kappa shape index (κ3) is 3.02. The number of likely N-dealkylation sites (tertiary alicyclic amines) is 1. The molecular weight excluding hydrogens is 304 g/mol. The summed E-state index contributed by atoms with van der Waals surface area (Å²) in [6.45, 7) is 4.95. The number of halogens is 2. The molecule has 3 rings (SSSR count). The highest BCUT2D eigenvalue weighted by atomic mass is 19.3. The molecule has 1 atom stereocenters. The molecule has 0 unspecified atom stereocenters. The summed E-state index contributed by atoms with van der Waals surface area (Å²) in [6, 6.07) is 1.39. The molecule has 1 amide bonds. The van der Waals surface area contributed by atoms with E-state index in [0.29, 0.717) is 18.8 Å². The van der Waals surface area contributed by atoms with E-state index >= 15 is 0 Å². The first-order valence-corrected chi connectivity index (χ1v) is 7.75. The minimum atomic E-state index is -2.65. The third-order valence-electron chi connectivity index (χ3n) is 4.17. The first kappa shape index (κ1) is 15.8. The molecule has 3 heterocycles. The van der Waals surface area contributed by atoms with Gasteiger partial charge in [0.1, 0.15) is 12.0 Å². The molecule has 124 valence electrons. The number of amides is 1. The number of piperidine rings is 1. The highest BCUT2D eigenvalue weighted by Gasteiger charge is 2.28. The number of alkyl halides is 2. The average Bonchev–Trinajstić information content (AvgIpc) is 3.01. The molecule has 1 fully saturated rings. The fourth-order valence-corrected chi connectivity index (χ4v) is 3.00. The number of rotatable bonds is 3. The first-order valence-electron chi connectivity index (χ1n) is 7.75. The maximum Gasteiger partial charge on any atom is 0.280 e. The second kappa shape index (κ2) is 6.17. The van der Waals surface area contributed by atoms with Gasteiger partial charge in [0.05, 0.1) is 5.69 Å². The fourth-order valence-electron chi connectivity index (χ4n) is 3.00. The van der Waals surface area contributed by atoms with Gasteiger partial charge in [-0.1, -0.05) is 13.8 Å². The van der Waals surface area contributed by atoms with Crippen LogP contribution < -0.4 is 0 Å².